The van der Waals surface area contributed by atoms with Crippen molar-refractivity contribution in [2.75, 3.05) is 0 Å². The summed E-state index contributed by atoms with van der Waals surface area (Å²) in [5.41, 5.74) is 12.7. The van der Waals surface area contributed by atoms with Gasteiger partial charge in [0.15, 0.2) is 0 Å². The Morgan fingerprint density at radius 2 is 1.67 bits per heavy atom. The molecule has 0 saturated carbocycles. The molecule has 5 heterocycles. The van der Waals surface area contributed by atoms with E-state index in [2.05, 4.69) is 20.8 Å². The summed E-state index contributed by atoms with van der Waals surface area (Å²) in [6.45, 7) is 16.2. The maximum atomic E-state index is 13.6. The average Bonchev–Trinajstić information content (AvgIpc) is 3.73. The van der Waals surface area contributed by atoms with Crippen LogP contribution in [0.15, 0.2) is 12.1 Å². The Labute approximate surface area is 286 Å². The van der Waals surface area contributed by atoms with Crippen LogP contribution in [0.1, 0.15) is 135 Å². The molecule has 0 spiro atoms. The standard InChI is InChI=1S/C37H43N4O4.Mg/c1-9-22-27-15-28-24(12-16(2)3)17(4)26(38-28)14-29-32(21(8)42)19(6)35(40-29)20(7)34-18(5)23(10-11-31(44)45)36(41-34)25-13-30(43)33(22)37(25)39-27;/h13-16,18,21,23,42H,9-12H2,1-8H3,(H3-,38,39,40,41,43,44,45);/q-1;+2/p-3/t18-,21+,23-;/m0./s1. The predicted octanol–water partition coefficient (Wildman–Crippen LogP) is 4.99. The van der Waals surface area contributed by atoms with Gasteiger partial charge in [-0.25, -0.2) is 4.98 Å². The number of carboxylic acids is 1. The van der Waals surface area contributed by atoms with E-state index in [1.165, 1.54) is 0 Å². The van der Waals surface area contributed by atoms with Gasteiger partial charge in [-0.1, -0.05) is 57.0 Å². The summed E-state index contributed by atoms with van der Waals surface area (Å²) in [6.07, 6.45) is 2.52. The van der Waals surface area contributed by atoms with Crippen molar-refractivity contribution in [2.24, 2.45) is 5.92 Å². The Bertz CT molecular complexity index is 1980. The van der Waals surface area contributed by atoms with Crippen LogP contribution in [0.3, 0.4) is 0 Å². The fourth-order valence-corrected chi connectivity index (χ4v) is 7.53. The van der Waals surface area contributed by atoms with Crippen molar-refractivity contribution in [1.29, 1.82) is 0 Å². The summed E-state index contributed by atoms with van der Waals surface area (Å²) in [5.74, 6) is -1.22. The maximum absolute atomic E-state index is 13.6. The third-order valence-corrected chi connectivity index (χ3v) is 9.74. The first-order valence-corrected chi connectivity index (χ1v) is 16.0. The maximum Gasteiger partial charge on any atom is 2.00 e. The molecule has 6 rings (SSSR count). The van der Waals surface area contributed by atoms with Gasteiger partial charge in [0.25, 0.3) is 0 Å². The van der Waals surface area contributed by atoms with Crippen molar-refractivity contribution in [3.63, 3.8) is 0 Å². The Hall–Kier alpha value is -3.40. The van der Waals surface area contributed by atoms with Crippen LogP contribution in [0.2, 0.25) is 0 Å². The molecule has 0 saturated heterocycles. The minimum absolute atomic E-state index is 0. The first kappa shape index (κ1) is 33.9. The van der Waals surface area contributed by atoms with Crippen molar-refractivity contribution in [3.8, 4) is 0 Å². The third-order valence-electron chi connectivity index (χ3n) is 9.74. The van der Waals surface area contributed by atoms with Gasteiger partial charge in [-0.3, -0.25) is 4.98 Å². The molecule has 0 radical (unpaired) electrons. The topological polar surface area (TPSA) is 137 Å². The van der Waals surface area contributed by atoms with Crippen LogP contribution < -0.4 is 20.2 Å². The van der Waals surface area contributed by atoms with Gasteiger partial charge in [0.05, 0.1) is 23.2 Å². The SMILES string of the molecule is CCc1c2c3[n-]c1cc1nc(cc4[n-]c(c(C)c5nc(c3C=C2[O-])[C@@H](CCC(=O)[O-])[C@@H]5C)c(C)c4[C@@H](C)O)C(C)=C1CC(C)C.[Mg+2]. The molecule has 0 unspecified atom stereocenters. The van der Waals surface area contributed by atoms with Crippen LogP contribution in [-0.4, -0.2) is 44.1 Å². The number of nitrogens with zero attached hydrogens (tertiary/aromatic N) is 4. The molecule has 9 heteroatoms. The van der Waals surface area contributed by atoms with E-state index in [0.717, 1.165) is 67.9 Å². The number of aryl methyl sites for hydroxylation is 3. The molecule has 0 aromatic carbocycles. The number of rotatable bonds is 7. The molecule has 3 aliphatic rings. The Morgan fingerprint density at radius 3 is 2.30 bits per heavy atom. The van der Waals surface area contributed by atoms with Gasteiger partial charge in [-0.2, -0.15) is 0 Å². The summed E-state index contributed by atoms with van der Waals surface area (Å²) in [5, 5.41) is 36.1. The van der Waals surface area contributed by atoms with E-state index in [1.807, 2.05) is 39.8 Å². The van der Waals surface area contributed by atoms with Crippen LogP contribution in [0.5, 0.6) is 0 Å². The summed E-state index contributed by atoms with van der Waals surface area (Å²) >= 11 is 0. The van der Waals surface area contributed by atoms with E-state index in [1.54, 1.807) is 13.0 Å². The monoisotopic (exact) mass is 628 g/mol. The van der Waals surface area contributed by atoms with Crippen molar-refractivity contribution in [2.45, 2.75) is 99.0 Å². The fourth-order valence-electron chi connectivity index (χ4n) is 7.53. The summed E-state index contributed by atoms with van der Waals surface area (Å²) in [7, 11) is 0. The molecule has 2 aliphatic heterocycles. The number of hydrogen-bond acceptors (Lipinski definition) is 6. The number of aliphatic hydroxyl groups excluding tert-OH is 1. The number of hydrogen-bond donors (Lipinski definition) is 1. The molecule has 8 bridgehead atoms. The number of carboxylic acid groups (broad SMARTS) is 1. The van der Waals surface area contributed by atoms with Gasteiger partial charge in [0, 0.05) is 23.5 Å². The molecule has 1 N–H and O–H groups in total. The Balaban J connectivity index is 0.00000417. The molecule has 236 valence electrons. The number of carbonyl (C=O) groups excluding carboxylic acids is 1. The molecule has 3 aromatic heterocycles. The van der Waals surface area contributed by atoms with Gasteiger partial charge in [-0.05, 0) is 92.7 Å². The van der Waals surface area contributed by atoms with Crippen molar-refractivity contribution in [1.82, 2.24) is 19.9 Å². The second kappa shape index (κ2) is 12.7. The molecule has 46 heavy (non-hydrogen) atoms. The zero-order valence-corrected chi connectivity index (χ0v) is 29.5. The first-order chi connectivity index (χ1) is 21.3. The molecule has 3 atom stereocenters. The average molecular weight is 629 g/mol. The van der Waals surface area contributed by atoms with E-state index in [9.17, 15) is 20.1 Å². The van der Waals surface area contributed by atoms with Gasteiger partial charge < -0.3 is 30.1 Å². The van der Waals surface area contributed by atoms with Gasteiger partial charge in [0.2, 0.25) is 0 Å². The molecule has 0 fully saturated rings. The molecule has 3 aromatic rings. The number of aromatic nitrogens is 4. The molecule has 1 aliphatic carbocycles. The number of fused-ring (bicyclic) bond motifs is 8. The van der Waals surface area contributed by atoms with Crippen LogP contribution in [0.25, 0.3) is 45.0 Å². The summed E-state index contributed by atoms with van der Waals surface area (Å²) < 4.78 is 0. The van der Waals surface area contributed by atoms with Gasteiger partial charge in [0.1, 0.15) is 0 Å². The van der Waals surface area contributed by atoms with Crippen LogP contribution in [0.4, 0.5) is 0 Å². The molecule has 8 nitrogen and oxygen atoms in total. The number of aliphatic hydroxyl groups is 1. The molecular formula is C37H40MgN4O4-2. The van der Waals surface area contributed by atoms with E-state index in [0.29, 0.717) is 46.6 Å². The normalized spacial score (nSPS) is 17.8. The second-order valence-corrected chi connectivity index (χ2v) is 13.2. The van der Waals surface area contributed by atoms with Crippen molar-refractivity contribution < 1.29 is 20.1 Å². The quantitative estimate of drug-likeness (QED) is 0.361. The largest absolute Gasteiger partial charge is 2.00 e. The van der Waals surface area contributed by atoms with Crippen LogP contribution in [0, 0.1) is 19.8 Å². The summed E-state index contributed by atoms with van der Waals surface area (Å²) in [6, 6.07) is 3.97. The predicted molar refractivity (Wildman–Crippen MR) is 179 cm³/mol. The first-order valence-electron chi connectivity index (χ1n) is 16.0. The second-order valence-electron chi connectivity index (χ2n) is 13.2. The van der Waals surface area contributed by atoms with Crippen molar-refractivity contribution in [3.05, 3.63) is 68.3 Å². The minimum atomic E-state index is -1.12. The van der Waals surface area contributed by atoms with E-state index >= 15 is 0 Å². The van der Waals surface area contributed by atoms with E-state index in [-0.39, 0.29) is 47.1 Å². The third kappa shape index (κ3) is 5.50. The van der Waals surface area contributed by atoms with Crippen LogP contribution >= 0.6 is 0 Å². The fraction of sp³-hybridized carbons (Fsp3) is 0.432. The van der Waals surface area contributed by atoms with Crippen LogP contribution in [-0.2, 0) is 11.2 Å². The zero-order valence-electron chi connectivity index (χ0n) is 28.0. The Morgan fingerprint density at radius 1 is 1.00 bits per heavy atom. The Kier molecular flexibility index (Phi) is 9.34. The number of carbonyl (C=O) groups is 1. The van der Waals surface area contributed by atoms with Gasteiger partial charge >= 0.3 is 23.1 Å². The molecular weight excluding hydrogens is 589 g/mol. The minimum Gasteiger partial charge on any atom is -0.872 e. The molecule has 0 amide bonds. The number of allylic oxidation sites excluding steroid dienone is 2. The van der Waals surface area contributed by atoms with Crippen molar-refractivity contribution >= 4 is 74.1 Å². The number of aliphatic carboxylic acids is 1. The van der Waals surface area contributed by atoms with Gasteiger partial charge in [-0.15, -0.1) is 27.8 Å². The van der Waals surface area contributed by atoms with E-state index < -0.39 is 12.1 Å². The smallest absolute Gasteiger partial charge is 0.872 e. The summed E-state index contributed by atoms with van der Waals surface area (Å²) in [4.78, 5) is 32.0. The zero-order chi connectivity index (χ0) is 32.5. The van der Waals surface area contributed by atoms with E-state index in [4.69, 9.17) is 19.9 Å².